The van der Waals surface area contributed by atoms with Gasteiger partial charge < -0.3 is 0 Å². The highest BCUT2D eigenvalue weighted by molar-refractivity contribution is 6.29. The average molecular weight is 299 g/mol. The number of benzene rings is 1. The first-order valence-electron chi connectivity index (χ1n) is 7.94. The molecule has 2 fully saturated rings. The van der Waals surface area contributed by atoms with Gasteiger partial charge in [0.1, 0.15) is 5.15 Å². The third kappa shape index (κ3) is 2.82. The molecule has 108 valence electrons. The van der Waals surface area contributed by atoms with E-state index < -0.39 is 0 Å². The summed E-state index contributed by atoms with van der Waals surface area (Å²) in [5.74, 6) is 2.10. The van der Waals surface area contributed by atoms with Crippen molar-refractivity contribution in [1.82, 2.24) is 9.97 Å². The van der Waals surface area contributed by atoms with E-state index in [9.17, 15) is 0 Å². The average Bonchev–Trinajstić information content (AvgIpc) is 3.21. The lowest BCUT2D eigenvalue weighted by atomic mass is 10.0. The molecule has 2 aromatic rings. The monoisotopic (exact) mass is 298 g/mol. The van der Waals surface area contributed by atoms with Crippen molar-refractivity contribution >= 4 is 11.6 Å². The molecule has 1 heterocycles. The molecule has 2 aliphatic carbocycles. The first-order valence-corrected chi connectivity index (χ1v) is 8.32. The van der Waals surface area contributed by atoms with Gasteiger partial charge in [-0.15, -0.1) is 0 Å². The zero-order chi connectivity index (χ0) is 14.2. The van der Waals surface area contributed by atoms with Crippen molar-refractivity contribution in [2.75, 3.05) is 0 Å². The van der Waals surface area contributed by atoms with Gasteiger partial charge in [-0.1, -0.05) is 42.6 Å². The van der Waals surface area contributed by atoms with Crippen LogP contribution in [0.3, 0.4) is 0 Å². The molecule has 3 heteroatoms. The molecule has 0 aliphatic heterocycles. The maximum absolute atomic E-state index is 6.24. The number of rotatable bonds is 3. The van der Waals surface area contributed by atoms with Crippen LogP contribution in [0.25, 0.3) is 11.4 Å². The van der Waals surface area contributed by atoms with Gasteiger partial charge in [0.25, 0.3) is 0 Å². The molecule has 2 saturated carbocycles. The number of hydrogen-bond donors (Lipinski definition) is 0. The Bertz CT molecular complexity index is 658. The van der Waals surface area contributed by atoms with Crippen LogP contribution in [0.1, 0.15) is 61.6 Å². The van der Waals surface area contributed by atoms with Crippen LogP contribution < -0.4 is 0 Å². The summed E-state index contributed by atoms with van der Waals surface area (Å²) in [4.78, 5) is 9.26. The van der Waals surface area contributed by atoms with Crippen LogP contribution in [0, 0.1) is 0 Å². The van der Waals surface area contributed by atoms with E-state index in [1.54, 1.807) is 0 Å². The van der Waals surface area contributed by atoms with Gasteiger partial charge >= 0.3 is 0 Å². The molecule has 1 aromatic heterocycles. The standard InChI is InChI=1S/C18H19ClN2/c19-17-11-16(13-4-1-2-5-13)20-18(21-17)15-7-3-6-14(10-15)12-8-9-12/h3,6-7,10-13H,1-2,4-5,8-9H2. The number of nitrogens with zero attached hydrogens (tertiary/aromatic N) is 2. The maximum Gasteiger partial charge on any atom is 0.161 e. The third-order valence-corrected chi connectivity index (χ3v) is 4.88. The second-order valence-corrected chi connectivity index (χ2v) is 6.71. The van der Waals surface area contributed by atoms with E-state index in [4.69, 9.17) is 16.6 Å². The molecule has 0 unspecified atom stereocenters. The molecule has 0 spiro atoms. The number of aromatic nitrogens is 2. The summed E-state index contributed by atoms with van der Waals surface area (Å²) in [6.45, 7) is 0. The highest BCUT2D eigenvalue weighted by atomic mass is 35.5. The summed E-state index contributed by atoms with van der Waals surface area (Å²) in [6, 6.07) is 10.6. The number of hydrogen-bond acceptors (Lipinski definition) is 2. The zero-order valence-corrected chi connectivity index (χ0v) is 12.8. The molecule has 0 radical (unpaired) electrons. The van der Waals surface area contributed by atoms with Gasteiger partial charge in [-0.2, -0.15) is 0 Å². The van der Waals surface area contributed by atoms with Crippen LogP contribution >= 0.6 is 11.6 Å². The highest BCUT2D eigenvalue weighted by Crippen LogP contribution is 2.41. The minimum absolute atomic E-state index is 0.566. The summed E-state index contributed by atoms with van der Waals surface area (Å²) >= 11 is 6.24. The molecule has 2 nitrogen and oxygen atoms in total. The van der Waals surface area contributed by atoms with Gasteiger partial charge in [-0.3, -0.25) is 0 Å². The lowest BCUT2D eigenvalue weighted by Crippen LogP contribution is -2.00. The Morgan fingerprint density at radius 1 is 0.905 bits per heavy atom. The first-order chi connectivity index (χ1) is 10.3. The Morgan fingerprint density at radius 2 is 1.71 bits per heavy atom. The SMILES string of the molecule is Clc1cc(C2CCCC2)nc(-c2cccc(C3CC3)c2)n1. The fourth-order valence-electron chi connectivity index (χ4n) is 3.34. The molecule has 1 aromatic carbocycles. The van der Waals surface area contributed by atoms with Crippen molar-refractivity contribution in [3.8, 4) is 11.4 Å². The van der Waals surface area contributed by atoms with Crippen LogP contribution in [-0.4, -0.2) is 9.97 Å². The lowest BCUT2D eigenvalue weighted by molar-refractivity contribution is 0.695. The molecule has 21 heavy (non-hydrogen) atoms. The minimum Gasteiger partial charge on any atom is -0.233 e. The number of halogens is 1. The Labute approximate surface area is 130 Å². The highest BCUT2D eigenvalue weighted by Gasteiger charge is 2.24. The van der Waals surface area contributed by atoms with E-state index in [2.05, 4.69) is 29.2 Å². The Morgan fingerprint density at radius 3 is 2.48 bits per heavy atom. The van der Waals surface area contributed by atoms with E-state index in [1.165, 1.54) is 44.1 Å². The molecule has 2 aliphatic rings. The van der Waals surface area contributed by atoms with Gasteiger partial charge in [0.2, 0.25) is 0 Å². The van der Waals surface area contributed by atoms with Crippen molar-refractivity contribution in [3.05, 3.63) is 46.7 Å². The van der Waals surface area contributed by atoms with E-state index in [0.717, 1.165) is 23.0 Å². The van der Waals surface area contributed by atoms with Crippen LogP contribution in [0.15, 0.2) is 30.3 Å². The summed E-state index contributed by atoms with van der Waals surface area (Å²) in [5.41, 5.74) is 3.64. The van der Waals surface area contributed by atoms with E-state index in [-0.39, 0.29) is 0 Å². The quantitative estimate of drug-likeness (QED) is 0.716. The van der Waals surface area contributed by atoms with Gasteiger partial charge in [-0.25, -0.2) is 9.97 Å². The molecule has 0 saturated heterocycles. The topological polar surface area (TPSA) is 25.8 Å². The third-order valence-electron chi connectivity index (χ3n) is 4.68. The van der Waals surface area contributed by atoms with Crippen molar-refractivity contribution in [2.45, 2.75) is 50.4 Å². The summed E-state index contributed by atoms with van der Waals surface area (Å²) in [6.07, 6.45) is 7.70. The van der Waals surface area contributed by atoms with Crippen molar-refractivity contribution in [2.24, 2.45) is 0 Å². The van der Waals surface area contributed by atoms with Crippen LogP contribution in [-0.2, 0) is 0 Å². The van der Waals surface area contributed by atoms with Crippen molar-refractivity contribution in [1.29, 1.82) is 0 Å². The van der Waals surface area contributed by atoms with E-state index >= 15 is 0 Å². The first kappa shape index (κ1) is 13.3. The molecule has 4 rings (SSSR count). The van der Waals surface area contributed by atoms with E-state index in [0.29, 0.717) is 11.1 Å². The lowest BCUT2D eigenvalue weighted by Gasteiger charge is -2.11. The summed E-state index contributed by atoms with van der Waals surface area (Å²) in [5, 5.41) is 0.568. The van der Waals surface area contributed by atoms with Crippen molar-refractivity contribution in [3.63, 3.8) is 0 Å². The summed E-state index contributed by atoms with van der Waals surface area (Å²) in [7, 11) is 0. The van der Waals surface area contributed by atoms with E-state index in [1.807, 2.05) is 6.07 Å². The van der Waals surface area contributed by atoms with Gasteiger partial charge in [0, 0.05) is 17.2 Å². The second kappa shape index (κ2) is 5.42. The summed E-state index contributed by atoms with van der Waals surface area (Å²) < 4.78 is 0. The predicted molar refractivity (Wildman–Crippen MR) is 85.7 cm³/mol. The molecular weight excluding hydrogens is 280 g/mol. The molecule has 0 bridgehead atoms. The van der Waals surface area contributed by atoms with Gasteiger partial charge in [0.05, 0.1) is 0 Å². The predicted octanol–water partition coefficient (Wildman–Crippen LogP) is 5.33. The largest absolute Gasteiger partial charge is 0.233 e. The molecule has 0 atom stereocenters. The molecule has 0 amide bonds. The smallest absolute Gasteiger partial charge is 0.161 e. The van der Waals surface area contributed by atoms with Crippen LogP contribution in [0.4, 0.5) is 0 Å². The fourth-order valence-corrected chi connectivity index (χ4v) is 3.54. The van der Waals surface area contributed by atoms with Gasteiger partial charge in [-0.05, 0) is 49.3 Å². The molecule has 0 N–H and O–H groups in total. The Kier molecular flexibility index (Phi) is 3.42. The molecular formula is C18H19ClN2. The second-order valence-electron chi connectivity index (χ2n) is 6.32. The Hall–Kier alpha value is -1.41. The van der Waals surface area contributed by atoms with Gasteiger partial charge in [0.15, 0.2) is 5.82 Å². The van der Waals surface area contributed by atoms with Crippen molar-refractivity contribution < 1.29 is 0 Å². The fraction of sp³-hybridized carbons (Fsp3) is 0.444. The zero-order valence-electron chi connectivity index (χ0n) is 12.1. The van der Waals surface area contributed by atoms with Crippen LogP contribution in [0.5, 0.6) is 0 Å². The normalized spacial score (nSPS) is 19.1. The van der Waals surface area contributed by atoms with Crippen LogP contribution in [0.2, 0.25) is 5.15 Å². The minimum atomic E-state index is 0.566. The Balaban J connectivity index is 1.71. The maximum atomic E-state index is 6.24.